The molecule has 0 bridgehead atoms. The van der Waals surface area contributed by atoms with E-state index in [4.69, 9.17) is 4.74 Å². The number of ether oxygens (including phenoxy) is 1. The van der Waals surface area contributed by atoms with Crippen LogP contribution < -0.4 is 5.56 Å². The molecule has 1 aromatic heterocycles. The van der Waals surface area contributed by atoms with E-state index in [2.05, 4.69) is 4.98 Å². The van der Waals surface area contributed by atoms with E-state index >= 15 is 0 Å². The average molecular weight is 407 g/mol. The van der Waals surface area contributed by atoms with E-state index in [1.807, 2.05) is 18.2 Å². The molecule has 1 atom stereocenters. The van der Waals surface area contributed by atoms with Gasteiger partial charge < -0.3 is 14.7 Å². The van der Waals surface area contributed by atoms with E-state index in [0.29, 0.717) is 54.1 Å². The van der Waals surface area contributed by atoms with Crippen LogP contribution >= 0.6 is 0 Å². The molecule has 2 aromatic carbocycles. The van der Waals surface area contributed by atoms with E-state index in [1.54, 1.807) is 53.8 Å². The maximum Gasteiger partial charge on any atom is 0.265 e. The average Bonchev–Trinajstić information content (AvgIpc) is 3.19. The third kappa shape index (κ3) is 3.51. The van der Waals surface area contributed by atoms with Crippen LogP contribution in [0.3, 0.4) is 0 Å². The smallest absolute Gasteiger partial charge is 0.265 e. The first kappa shape index (κ1) is 20.3. The van der Waals surface area contributed by atoms with Crippen molar-refractivity contribution >= 4 is 16.8 Å². The summed E-state index contributed by atoms with van der Waals surface area (Å²) >= 11 is 0. The maximum atomic E-state index is 13.0. The highest BCUT2D eigenvalue weighted by molar-refractivity contribution is 5.94. The Hall–Kier alpha value is -3.03. The first-order chi connectivity index (χ1) is 14.5. The van der Waals surface area contributed by atoms with Gasteiger partial charge in [0.15, 0.2) is 0 Å². The minimum absolute atomic E-state index is 0.0132. The summed E-state index contributed by atoms with van der Waals surface area (Å²) in [5, 5.41) is 10.3. The molecule has 0 aliphatic carbocycles. The quantitative estimate of drug-likeness (QED) is 0.701. The molecule has 1 aliphatic heterocycles. The third-order valence-corrected chi connectivity index (χ3v) is 5.83. The van der Waals surface area contributed by atoms with Gasteiger partial charge in [0, 0.05) is 31.2 Å². The summed E-state index contributed by atoms with van der Waals surface area (Å²) in [7, 11) is 1.60. The summed E-state index contributed by atoms with van der Waals surface area (Å²) in [6, 6.07) is 14.3. The van der Waals surface area contributed by atoms with Gasteiger partial charge >= 0.3 is 0 Å². The highest BCUT2D eigenvalue weighted by Gasteiger charge is 2.39. The Morgan fingerprint density at radius 2 is 1.93 bits per heavy atom. The van der Waals surface area contributed by atoms with Crippen molar-refractivity contribution < 1.29 is 14.6 Å². The van der Waals surface area contributed by atoms with Crippen LogP contribution in [-0.4, -0.2) is 58.9 Å². The summed E-state index contributed by atoms with van der Waals surface area (Å²) in [4.78, 5) is 32.2. The number of para-hydroxylation sites is 1. The molecule has 0 saturated carbocycles. The summed E-state index contributed by atoms with van der Waals surface area (Å²) in [5.74, 6) is 0.498. The van der Waals surface area contributed by atoms with Crippen LogP contribution in [0.25, 0.3) is 16.6 Å². The first-order valence-electron chi connectivity index (χ1n) is 9.96. The fraction of sp³-hybridized carbons (Fsp3) is 0.348. The lowest BCUT2D eigenvalue weighted by molar-refractivity contribution is 0.0343. The minimum atomic E-state index is -0.397. The molecule has 1 N–H and O–H groups in total. The number of hydrogen-bond donors (Lipinski definition) is 1. The second-order valence-electron chi connectivity index (χ2n) is 7.93. The molecule has 156 valence electrons. The molecule has 7 nitrogen and oxygen atoms in total. The maximum absolute atomic E-state index is 13.0. The third-order valence-electron chi connectivity index (χ3n) is 5.83. The van der Waals surface area contributed by atoms with Gasteiger partial charge in [-0.15, -0.1) is 0 Å². The number of likely N-dealkylation sites (tertiary alicyclic amines) is 1. The SMILES string of the molecule is COCC1(CO)CCN(C(=O)c2ccc(-n3c(C)nc4ccccc4c3=O)cc2)C1. The number of aromatic nitrogens is 2. The molecule has 1 saturated heterocycles. The van der Waals surface area contributed by atoms with Crippen LogP contribution in [0, 0.1) is 12.3 Å². The molecule has 0 spiro atoms. The van der Waals surface area contributed by atoms with Crippen LogP contribution in [-0.2, 0) is 4.74 Å². The van der Waals surface area contributed by atoms with Gasteiger partial charge in [0.25, 0.3) is 11.5 Å². The Bertz CT molecular complexity index is 1140. The van der Waals surface area contributed by atoms with Gasteiger partial charge in [-0.3, -0.25) is 14.2 Å². The van der Waals surface area contributed by atoms with Gasteiger partial charge in [0.05, 0.1) is 29.8 Å². The van der Waals surface area contributed by atoms with Gasteiger partial charge in [0.1, 0.15) is 5.82 Å². The minimum Gasteiger partial charge on any atom is -0.396 e. The van der Waals surface area contributed by atoms with Crippen LogP contribution in [0.2, 0.25) is 0 Å². The van der Waals surface area contributed by atoms with Crippen molar-refractivity contribution in [3.05, 3.63) is 70.3 Å². The number of hydrogen-bond acceptors (Lipinski definition) is 5. The number of benzene rings is 2. The van der Waals surface area contributed by atoms with E-state index in [9.17, 15) is 14.7 Å². The van der Waals surface area contributed by atoms with Gasteiger partial charge in [-0.2, -0.15) is 0 Å². The molecule has 1 amide bonds. The number of rotatable bonds is 5. The Labute approximate surface area is 174 Å². The second kappa shape index (κ2) is 8.01. The van der Waals surface area contributed by atoms with Crippen molar-refractivity contribution in [2.45, 2.75) is 13.3 Å². The number of aryl methyl sites for hydroxylation is 1. The standard InChI is InChI=1S/C23H25N3O4/c1-16-24-20-6-4-3-5-19(20)22(29)26(16)18-9-7-17(8-10-18)21(28)25-12-11-23(13-25,14-27)15-30-2/h3-10,27H,11-15H2,1-2H3. The molecule has 1 unspecified atom stereocenters. The number of methoxy groups -OCH3 is 1. The number of amides is 1. The summed E-state index contributed by atoms with van der Waals surface area (Å²) < 4.78 is 6.79. The molecular weight excluding hydrogens is 382 g/mol. The molecule has 4 rings (SSSR count). The lowest BCUT2D eigenvalue weighted by Gasteiger charge is -2.26. The van der Waals surface area contributed by atoms with Crippen LogP contribution in [0.5, 0.6) is 0 Å². The van der Waals surface area contributed by atoms with Crippen molar-refractivity contribution in [2.75, 3.05) is 33.4 Å². The molecular formula is C23H25N3O4. The monoisotopic (exact) mass is 407 g/mol. The highest BCUT2D eigenvalue weighted by atomic mass is 16.5. The Balaban J connectivity index is 1.61. The molecule has 30 heavy (non-hydrogen) atoms. The molecule has 3 aromatic rings. The molecule has 2 heterocycles. The number of carbonyl (C=O) groups excluding carboxylic acids is 1. The fourth-order valence-corrected chi connectivity index (χ4v) is 4.19. The van der Waals surface area contributed by atoms with Crippen LogP contribution in [0.15, 0.2) is 53.3 Å². The normalized spacial score (nSPS) is 18.8. The summed E-state index contributed by atoms with van der Waals surface area (Å²) in [5.41, 5.74) is 1.35. The predicted octanol–water partition coefficient (Wildman–Crippen LogP) is 2.17. The van der Waals surface area contributed by atoms with E-state index in [1.165, 1.54) is 0 Å². The molecule has 0 radical (unpaired) electrons. The van der Waals surface area contributed by atoms with Crippen LogP contribution in [0.4, 0.5) is 0 Å². The Morgan fingerprint density at radius 1 is 1.20 bits per heavy atom. The van der Waals surface area contributed by atoms with Gasteiger partial charge in [-0.05, 0) is 49.7 Å². The lowest BCUT2D eigenvalue weighted by Crippen LogP contribution is -2.36. The first-order valence-corrected chi connectivity index (χ1v) is 9.96. The molecule has 1 fully saturated rings. The summed E-state index contributed by atoms with van der Waals surface area (Å²) in [6.45, 7) is 3.24. The number of fused-ring (bicyclic) bond motifs is 1. The zero-order valence-corrected chi connectivity index (χ0v) is 17.2. The van der Waals surface area contributed by atoms with Crippen molar-refractivity contribution in [1.29, 1.82) is 0 Å². The Morgan fingerprint density at radius 3 is 2.63 bits per heavy atom. The predicted molar refractivity (Wildman–Crippen MR) is 114 cm³/mol. The summed E-state index contributed by atoms with van der Waals surface area (Å²) in [6.07, 6.45) is 0.707. The molecule has 1 aliphatic rings. The van der Waals surface area contributed by atoms with Crippen molar-refractivity contribution in [2.24, 2.45) is 5.41 Å². The fourth-order valence-electron chi connectivity index (χ4n) is 4.19. The number of aliphatic hydroxyl groups excluding tert-OH is 1. The number of carbonyl (C=O) groups is 1. The second-order valence-corrected chi connectivity index (χ2v) is 7.93. The number of aliphatic hydroxyl groups is 1. The van der Waals surface area contributed by atoms with Gasteiger partial charge in [-0.25, -0.2) is 4.98 Å². The van der Waals surface area contributed by atoms with E-state index in [-0.39, 0.29) is 18.1 Å². The van der Waals surface area contributed by atoms with Crippen molar-refractivity contribution in [1.82, 2.24) is 14.5 Å². The van der Waals surface area contributed by atoms with Gasteiger partial charge in [-0.1, -0.05) is 12.1 Å². The van der Waals surface area contributed by atoms with E-state index < -0.39 is 5.41 Å². The van der Waals surface area contributed by atoms with Crippen molar-refractivity contribution in [3.63, 3.8) is 0 Å². The van der Waals surface area contributed by atoms with Gasteiger partial charge in [0.2, 0.25) is 0 Å². The molecule has 7 heteroatoms. The van der Waals surface area contributed by atoms with Crippen molar-refractivity contribution in [3.8, 4) is 5.69 Å². The largest absolute Gasteiger partial charge is 0.396 e. The lowest BCUT2D eigenvalue weighted by atomic mass is 9.89. The van der Waals surface area contributed by atoms with E-state index in [0.717, 1.165) is 0 Å². The van der Waals surface area contributed by atoms with Crippen LogP contribution in [0.1, 0.15) is 22.6 Å². The Kier molecular flexibility index (Phi) is 5.40. The highest BCUT2D eigenvalue weighted by Crippen LogP contribution is 2.31. The zero-order valence-electron chi connectivity index (χ0n) is 17.2. The topological polar surface area (TPSA) is 84.7 Å². The zero-order chi connectivity index (χ0) is 21.3. The number of nitrogens with zero attached hydrogens (tertiary/aromatic N) is 3.